The molecule has 0 aliphatic carbocycles. The molecule has 0 fully saturated rings. The van der Waals surface area contributed by atoms with Crippen LogP contribution >= 0.6 is 7.82 Å². The molecule has 0 radical (unpaired) electrons. The van der Waals surface area contributed by atoms with Crippen LogP contribution in [0.4, 0.5) is 4.79 Å². The number of phosphoric acid groups is 1. The number of carboxylic acids is 1. The quantitative estimate of drug-likeness (QED) is 0.520. The number of carbonyl (C=O) groups is 2. The normalized spacial score (nSPS) is 15.7. The standard InChI is InChI=1S/C16H24NO8P/c1-11(2)14(15(18)19)25-26(21,22)24-12(3)9-17-16(20)23-10-13-7-5-4-6-8-13/h4-8,11-12,14H,9-10H2,1-3H3,(H,17,20)(H,18,19)(H,21,22)/t12-,14?/m1/s1. The first-order valence-corrected chi connectivity index (χ1v) is 9.47. The highest BCUT2D eigenvalue weighted by atomic mass is 31.2. The zero-order valence-electron chi connectivity index (χ0n) is 14.8. The lowest BCUT2D eigenvalue weighted by molar-refractivity contribution is -0.148. The van der Waals surface area contributed by atoms with Crippen molar-refractivity contribution in [2.24, 2.45) is 5.92 Å². The van der Waals surface area contributed by atoms with E-state index in [1.54, 1.807) is 12.1 Å². The third kappa shape index (κ3) is 8.44. The summed E-state index contributed by atoms with van der Waals surface area (Å²) in [6.45, 7) is 4.45. The van der Waals surface area contributed by atoms with E-state index in [2.05, 4.69) is 9.84 Å². The predicted molar refractivity (Wildman–Crippen MR) is 92.3 cm³/mol. The monoisotopic (exact) mass is 389 g/mol. The van der Waals surface area contributed by atoms with Crippen molar-refractivity contribution >= 4 is 19.9 Å². The number of phosphoric ester groups is 1. The molecule has 0 bridgehead atoms. The van der Waals surface area contributed by atoms with Gasteiger partial charge in [0.2, 0.25) is 0 Å². The van der Waals surface area contributed by atoms with Gasteiger partial charge in [0.25, 0.3) is 0 Å². The fourth-order valence-electron chi connectivity index (χ4n) is 1.89. The maximum atomic E-state index is 11.9. The Bertz CT molecular complexity index is 636. The Labute approximate surface area is 151 Å². The van der Waals surface area contributed by atoms with Gasteiger partial charge in [-0.05, 0) is 18.4 Å². The molecule has 1 aromatic rings. The molecule has 3 atom stereocenters. The van der Waals surface area contributed by atoms with Crippen molar-refractivity contribution in [3.05, 3.63) is 35.9 Å². The molecule has 9 nitrogen and oxygen atoms in total. The third-order valence-corrected chi connectivity index (χ3v) is 4.28. The minimum atomic E-state index is -4.61. The maximum Gasteiger partial charge on any atom is 0.473 e. The number of carboxylic acid groups (broad SMARTS) is 1. The van der Waals surface area contributed by atoms with E-state index in [1.807, 2.05) is 18.2 Å². The van der Waals surface area contributed by atoms with Gasteiger partial charge in [-0.2, -0.15) is 0 Å². The number of nitrogens with one attached hydrogen (secondary N) is 1. The van der Waals surface area contributed by atoms with Gasteiger partial charge in [-0.15, -0.1) is 0 Å². The molecule has 146 valence electrons. The summed E-state index contributed by atoms with van der Waals surface area (Å²) >= 11 is 0. The summed E-state index contributed by atoms with van der Waals surface area (Å²) in [6, 6.07) is 9.06. The smallest absolute Gasteiger partial charge is 0.473 e. The summed E-state index contributed by atoms with van der Waals surface area (Å²) in [5.41, 5.74) is 0.814. The average molecular weight is 389 g/mol. The van der Waals surface area contributed by atoms with E-state index < -0.39 is 38.0 Å². The molecule has 0 saturated heterocycles. The van der Waals surface area contributed by atoms with E-state index in [-0.39, 0.29) is 13.2 Å². The number of hydrogen-bond donors (Lipinski definition) is 3. The van der Waals surface area contributed by atoms with Gasteiger partial charge in [0.15, 0.2) is 6.10 Å². The Kier molecular flexibility index (Phi) is 8.74. The topological polar surface area (TPSA) is 131 Å². The summed E-state index contributed by atoms with van der Waals surface area (Å²) in [7, 11) is -4.61. The second kappa shape index (κ2) is 10.3. The van der Waals surface area contributed by atoms with Gasteiger partial charge in [-0.25, -0.2) is 14.2 Å². The number of carbonyl (C=O) groups excluding carboxylic acids is 1. The number of benzene rings is 1. The van der Waals surface area contributed by atoms with Crippen molar-refractivity contribution < 1.29 is 37.9 Å². The summed E-state index contributed by atoms with van der Waals surface area (Å²) in [5.74, 6) is -1.90. The first-order valence-electron chi connectivity index (χ1n) is 7.97. The van der Waals surface area contributed by atoms with Crippen molar-refractivity contribution in [2.45, 2.75) is 39.6 Å². The van der Waals surface area contributed by atoms with Crippen LogP contribution in [0.1, 0.15) is 26.3 Å². The second-order valence-corrected chi connectivity index (χ2v) is 7.29. The molecule has 1 aromatic carbocycles. The maximum absolute atomic E-state index is 11.9. The van der Waals surface area contributed by atoms with E-state index in [4.69, 9.17) is 14.4 Å². The zero-order chi connectivity index (χ0) is 19.7. The van der Waals surface area contributed by atoms with Crippen LogP contribution in [0, 0.1) is 5.92 Å². The summed E-state index contributed by atoms with van der Waals surface area (Å²) in [6.07, 6.45) is -3.11. The van der Waals surface area contributed by atoms with Gasteiger partial charge >= 0.3 is 19.9 Å². The molecule has 10 heteroatoms. The van der Waals surface area contributed by atoms with Gasteiger partial charge in [0.05, 0.1) is 6.10 Å². The van der Waals surface area contributed by atoms with Crippen LogP contribution in [-0.4, -0.2) is 40.8 Å². The van der Waals surface area contributed by atoms with Crippen molar-refractivity contribution in [3.63, 3.8) is 0 Å². The predicted octanol–water partition coefficient (Wildman–Crippen LogP) is 2.54. The molecule has 0 saturated carbocycles. The van der Waals surface area contributed by atoms with Gasteiger partial charge in [0, 0.05) is 6.54 Å². The molecule has 0 aliphatic heterocycles. The highest BCUT2D eigenvalue weighted by Crippen LogP contribution is 2.46. The first-order chi connectivity index (χ1) is 12.1. The molecular weight excluding hydrogens is 365 g/mol. The molecule has 2 unspecified atom stereocenters. The largest absolute Gasteiger partial charge is 0.479 e. The number of alkyl carbamates (subject to hydrolysis) is 1. The van der Waals surface area contributed by atoms with Crippen molar-refractivity contribution in [1.82, 2.24) is 5.32 Å². The number of ether oxygens (including phenoxy) is 1. The highest BCUT2D eigenvalue weighted by molar-refractivity contribution is 7.47. The summed E-state index contributed by atoms with van der Waals surface area (Å²) in [5, 5.41) is 11.4. The summed E-state index contributed by atoms with van der Waals surface area (Å²) < 4.78 is 26.4. The first kappa shape index (κ1) is 22.1. The lowest BCUT2D eigenvalue weighted by atomic mass is 10.1. The Morgan fingerprint density at radius 3 is 2.31 bits per heavy atom. The van der Waals surface area contributed by atoms with E-state index in [9.17, 15) is 19.0 Å². The molecule has 0 heterocycles. The van der Waals surface area contributed by atoms with Crippen LogP contribution in [0.2, 0.25) is 0 Å². The lowest BCUT2D eigenvalue weighted by Crippen LogP contribution is -2.33. The number of rotatable bonds is 10. The lowest BCUT2D eigenvalue weighted by Gasteiger charge is -2.22. The van der Waals surface area contributed by atoms with Crippen LogP contribution in [0.5, 0.6) is 0 Å². The van der Waals surface area contributed by atoms with Crippen LogP contribution < -0.4 is 5.32 Å². The fourth-order valence-corrected chi connectivity index (χ4v) is 3.09. The highest BCUT2D eigenvalue weighted by Gasteiger charge is 2.34. The van der Waals surface area contributed by atoms with Crippen LogP contribution in [0.3, 0.4) is 0 Å². The van der Waals surface area contributed by atoms with E-state index in [1.165, 1.54) is 20.8 Å². The van der Waals surface area contributed by atoms with Gasteiger partial charge < -0.3 is 20.1 Å². The van der Waals surface area contributed by atoms with Crippen molar-refractivity contribution in [2.75, 3.05) is 6.54 Å². The average Bonchev–Trinajstić information content (AvgIpc) is 2.56. The Hall–Kier alpha value is -1.93. The molecule has 1 rings (SSSR count). The third-order valence-electron chi connectivity index (χ3n) is 3.16. The minimum Gasteiger partial charge on any atom is -0.479 e. The van der Waals surface area contributed by atoms with E-state index >= 15 is 0 Å². The molecule has 3 N–H and O–H groups in total. The minimum absolute atomic E-state index is 0.0815. The Morgan fingerprint density at radius 1 is 1.15 bits per heavy atom. The molecule has 26 heavy (non-hydrogen) atoms. The van der Waals surface area contributed by atoms with Crippen LogP contribution in [-0.2, 0) is 29.8 Å². The van der Waals surface area contributed by atoms with E-state index in [0.29, 0.717) is 0 Å². The van der Waals surface area contributed by atoms with Crippen LogP contribution in [0.15, 0.2) is 30.3 Å². The molecule has 0 aliphatic rings. The number of amides is 1. The van der Waals surface area contributed by atoms with Crippen molar-refractivity contribution in [1.29, 1.82) is 0 Å². The SMILES string of the molecule is CC(C)C(OP(=O)(O)O[C@H](C)CNC(=O)OCc1ccccc1)C(=O)O. The second-order valence-electron chi connectivity index (χ2n) is 5.94. The van der Waals surface area contributed by atoms with Crippen LogP contribution in [0.25, 0.3) is 0 Å². The fraction of sp³-hybridized carbons (Fsp3) is 0.500. The van der Waals surface area contributed by atoms with Gasteiger partial charge in [-0.1, -0.05) is 44.2 Å². The number of aliphatic carboxylic acids is 1. The molecular formula is C16H24NO8P. The van der Waals surface area contributed by atoms with Crippen molar-refractivity contribution in [3.8, 4) is 0 Å². The molecule has 0 aromatic heterocycles. The zero-order valence-corrected chi connectivity index (χ0v) is 15.7. The number of hydrogen-bond acceptors (Lipinski definition) is 6. The molecule has 0 spiro atoms. The van der Waals surface area contributed by atoms with Gasteiger partial charge in [0.1, 0.15) is 6.61 Å². The summed E-state index contributed by atoms with van der Waals surface area (Å²) in [4.78, 5) is 32.3. The Morgan fingerprint density at radius 2 is 1.77 bits per heavy atom. The Balaban J connectivity index is 2.39. The molecule has 1 amide bonds. The van der Waals surface area contributed by atoms with E-state index in [0.717, 1.165) is 5.56 Å². The van der Waals surface area contributed by atoms with Gasteiger partial charge in [-0.3, -0.25) is 9.05 Å².